The van der Waals surface area contributed by atoms with Gasteiger partial charge in [-0.05, 0) is 30.9 Å². The smallest absolute Gasteiger partial charge is 0.130 e. The van der Waals surface area contributed by atoms with Crippen LogP contribution in [-0.4, -0.2) is 5.11 Å². The third-order valence-electron chi connectivity index (χ3n) is 3.66. The highest BCUT2D eigenvalue weighted by molar-refractivity contribution is 6.30. The van der Waals surface area contributed by atoms with Crippen molar-refractivity contribution >= 4 is 11.6 Å². The number of hydrogen-bond donors (Lipinski definition) is 1. The summed E-state index contributed by atoms with van der Waals surface area (Å²) in [6, 6.07) is 4.52. The lowest BCUT2D eigenvalue weighted by Gasteiger charge is -2.38. The Kier molecular flexibility index (Phi) is 3.22. The maximum Gasteiger partial charge on any atom is 0.130 e. The van der Waals surface area contributed by atoms with Gasteiger partial charge in [0, 0.05) is 10.6 Å². The predicted molar refractivity (Wildman–Crippen MR) is 62.9 cm³/mol. The van der Waals surface area contributed by atoms with Gasteiger partial charge in [0.05, 0.1) is 5.60 Å². The SMILES string of the molecule is CC1CCCCC1(O)c1ccc(Cl)cc1F. The minimum absolute atomic E-state index is 0.0944. The van der Waals surface area contributed by atoms with E-state index in [0.29, 0.717) is 17.0 Å². The van der Waals surface area contributed by atoms with Crippen LogP contribution < -0.4 is 0 Å². The van der Waals surface area contributed by atoms with E-state index in [2.05, 4.69) is 0 Å². The molecule has 1 aromatic carbocycles. The second kappa shape index (κ2) is 4.34. The molecule has 0 amide bonds. The summed E-state index contributed by atoms with van der Waals surface area (Å²) in [6.07, 6.45) is 3.63. The van der Waals surface area contributed by atoms with Crippen molar-refractivity contribution in [3.8, 4) is 0 Å². The highest BCUT2D eigenvalue weighted by atomic mass is 35.5. The average Bonchev–Trinajstić information content (AvgIpc) is 2.22. The standard InChI is InChI=1S/C13H16ClFO/c1-9-4-2-3-7-13(9,16)11-6-5-10(14)8-12(11)15/h5-6,8-9,16H,2-4,7H2,1H3. The van der Waals surface area contributed by atoms with Crippen molar-refractivity contribution in [3.63, 3.8) is 0 Å². The van der Waals surface area contributed by atoms with E-state index in [4.69, 9.17) is 11.6 Å². The molecule has 0 spiro atoms. The van der Waals surface area contributed by atoms with Crippen molar-refractivity contribution in [3.05, 3.63) is 34.6 Å². The first-order valence-corrected chi connectivity index (χ1v) is 6.10. The minimum Gasteiger partial charge on any atom is -0.385 e. The average molecular weight is 243 g/mol. The second-order valence-electron chi connectivity index (χ2n) is 4.70. The van der Waals surface area contributed by atoms with Crippen LogP contribution in [0.2, 0.25) is 5.02 Å². The fourth-order valence-electron chi connectivity index (χ4n) is 2.57. The summed E-state index contributed by atoms with van der Waals surface area (Å²) >= 11 is 5.72. The topological polar surface area (TPSA) is 20.2 Å². The Bertz CT molecular complexity index is 394. The Labute approximate surface area is 100 Å². The number of benzene rings is 1. The fraction of sp³-hybridized carbons (Fsp3) is 0.538. The van der Waals surface area contributed by atoms with Crippen molar-refractivity contribution in [1.29, 1.82) is 0 Å². The molecule has 1 N–H and O–H groups in total. The monoisotopic (exact) mass is 242 g/mol. The van der Waals surface area contributed by atoms with Gasteiger partial charge in [-0.15, -0.1) is 0 Å². The molecule has 1 aliphatic carbocycles. The first kappa shape index (κ1) is 11.9. The molecule has 0 heterocycles. The van der Waals surface area contributed by atoms with Gasteiger partial charge in [-0.3, -0.25) is 0 Å². The van der Waals surface area contributed by atoms with Crippen LogP contribution in [0, 0.1) is 11.7 Å². The van der Waals surface area contributed by atoms with Crippen LogP contribution in [-0.2, 0) is 5.60 Å². The van der Waals surface area contributed by atoms with E-state index < -0.39 is 11.4 Å². The molecule has 0 aliphatic heterocycles. The summed E-state index contributed by atoms with van der Waals surface area (Å²) in [4.78, 5) is 0. The van der Waals surface area contributed by atoms with Gasteiger partial charge in [-0.1, -0.05) is 37.4 Å². The van der Waals surface area contributed by atoms with Crippen LogP contribution in [0.15, 0.2) is 18.2 Å². The van der Waals surface area contributed by atoms with E-state index in [1.165, 1.54) is 6.07 Å². The third-order valence-corrected chi connectivity index (χ3v) is 3.89. The molecule has 2 rings (SSSR count). The maximum absolute atomic E-state index is 13.8. The summed E-state index contributed by atoms with van der Waals surface area (Å²) in [5.74, 6) is -0.305. The maximum atomic E-state index is 13.8. The van der Waals surface area contributed by atoms with Crippen LogP contribution >= 0.6 is 11.6 Å². The number of rotatable bonds is 1. The van der Waals surface area contributed by atoms with E-state index >= 15 is 0 Å². The fourth-order valence-corrected chi connectivity index (χ4v) is 2.73. The molecule has 16 heavy (non-hydrogen) atoms. The van der Waals surface area contributed by atoms with Crippen molar-refractivity contribution in [2.24, 2.45) is 5.92 Å². The Morgan fingerprint density at radius 1 is 1.44 bits per heavy atom. The molecule has 88 valence electrons. The number of aliphatic hydroxyl groups is 1. The molecule has 0 bridgehead atoms. The van der Waals surface area contributed by atoms with Crippen LogP contribution in [0.4, 0.5) is 4.39 Å². The van der Waals surface area contributed by atoms with Crippen LogP contribution in [0.5, 0.6) is 0 Å². The molecule has 0 radical (unpaired) electrons. The van der Waals surface area contributed by atoms with Crippen molar-refractivity contribution < 1.29 is 9.50 Å². The lowest BCUT2D eigenvalue weighted by Crippen LogP contribution is -2.37. The molecule has 3 heteroatoms. The lowest BCUT2D eigenvalue weighted by atomic mass is 9.72. The van der Waals surface area contributed by atoms with Crippen molar-refractivity contribution in [2.45, 2.75) is 38.2 Å². The molecule has 2 atom stereocenters. The molecule has 1 aliphatic rings. The van der Waals surface area contributed by atoms with Crippen molar-refractivity contribution in [1.82, 2.24) is 0 Å². The summed E-state index contributed by atoms with van der Waals surface area (Å²) in [5, 5.41) is 11.0. The quantitative estimate of drug-likeness (QED) is 0.793. The predicted octanol–water partition coefficient (Wildman–Crippen LogP) is 3.88. The largest absolute Gasteiger partial charge is 0.385 e. The van der Waals surface area contributed by atoms with Gasteiger partial charge in [0.2, 0.25) is 0 Å². The molecular weight excluding hydrogens is 227 g/mol. The van der Waals surface area contributed by atoms with Crippen LogP contribution in [0.25, 0.3) is 0 Å². The Morgan fingerprint density at radius 2 is 2.19 bits per heavy atom. The highest BCUT2D eigenvalue weighted by Gasteiger charge is 2.39. The summed E-state index contributed by atoms with van der Waals surface area (Å²) in [7, 11) is 0. The molecule has 1 saturated carbocycles. The van der Waals surface area contributed by atoms with Gasteiger partial charge in [0.1, 0.15) is 5.82 Å². The van der Waals surface area contributed by atoms with E-state index in [1.807, 2.05) is 6.92 Å². The number of hydrogen-bond acceptors (Lipinski definition) is 1. The molecule has 0 aromatic heterocycles. The summed E-state index contributed by atoms with van der Waals surface area (Å²) in [5.41, 5.74) is -0.628. The Morgan fingerprint density at radius 3 is 2.81 bits per heavy atom. The zero-order valence-corrected chi connectivity index (χ0v) is 10.1. The summed E-state index contributed by atoms with van der Waals surface area (Å²) < 4.78 is 13.8. The molecule has 1 aromatic rings. The highest BCUT2D eigenvalue weighted by Crippen LogP contribution is 2.42. The molecule has 1 nitrogen and oxygen atoms in total. The molecular formula is C13H16ClFO. The van der Waals surface area contributed by atoms with Crippen LogP contribution in [0.1, 0.15) is 38.2 Å². The molecule has 0 saturated heterocycles. The van der Waals surface area contributed by atoms with Gasteiger partial charge < -0.3 is 5.11 Å². The molecule has 1 fully saturated rings. The second-order valence-corrected chi connectivity index (χ2v) is 5.13. The van der Waals surface area contributed by atoms with E-state index in [9.17, 15) is 9.50 Å². The van der Waals surface area contributed by atoms with Gasteiger partial charge in [0.25, 0.3) is 0 Å². The zero-order chi connectivity index (χ0) is 11.8. The van der Waals surface area contributed by atoms with Gasteiger partial charge in [0.15, 0.2) is 0 Å². The van der Waals surface area contributed by atoms with Crippen molar-refractivity contribution in [2.75, 3.05) is 0 Å². The van der Waals surface area contributed by atoms with E-state index in [0.717, 1.165) is 19.3 Å². The minimum atomic E-state index is -1.02. The molecule has 2 unspecified atom stereocenters. The van der Waals surface area contributed by atoms with Gasteiger partial charge in [-0.2, -0.15) is 0 Å². The van der Waals surface area contributed by atoms with Gasteiger partial charge in [-0.25, -0.2) is 4.39 Å². The Hall–Kier alpha value is -0.600. The lowest BCUT2D eigenvalue weighted by molar-refractivity contribution is -0.0496. The zero-order valence-electron chi connectivity index (χ0n) is 9.34. The van der Waals surface area contributed by atoms with E-state index in [1.54, 1.807) is 12.1 Å². The van der Waals surface area contributed by atoms with Gasteiger partial charge >= 0.3 is 0 Å². The number of halogens is 2. The third kappa shape index (κ3) is 1.96. The van der Waals surface area contributed by atoms with Crippen LogP contribution in [0.3, 0.4) is 0 Å². The first-order chi connectivity index (χ1) is 7.54. The normalized spacial score (nSPS) is 30.4. The Balaban J connectivity index is 2.41. The first-order valence-electron chi connectivity index (χ1n) is 5.72. The summed E-state index contributed by atoms with van der Waals surface area (Å²) in [6.45, 7) is 1.98. The van der Waals surface area contributed by atoms with E-state index in [-0.39, 0.29) is 5.92 Å².